The molecule has 7 nitrogen and oxygen atoms in total. The second-order valence-electron chi connectivity index (χ2n) is 11.6. The predicted octanol–water partition coefficient (Wildman–Crippen LogP) is 8.94. The molecular weight excluding hydrogens is 608 g/mol. The van der Waals surface area contributed by atoms with Gasteiger partial charge in [-0.05, 0) is 58.7 Å². The highest BCUT2D eigenvalue weighted by molar-refractivity contribution is 5.99. The topological polar surface area (TPSA) is 97.1 Å². The van der Waals surface area contributed by atoms with Crippen molar-refractivity contribution in [2.45, 2.75) is 11.8 Å². The van der Waals surface area contributed by atoms with E-state index in [0.717, 1.165) is 22.3 Å². The second-order valence-corrected chi connectivity index (χ2v) is 11.6. The van der Waals surface area contributed by atoms with Crippen LogP contribution >= 0.6 is 0 Å². The van der Waals surface area contributed by atoms with Gasteiger partial charge in [-0.2, -0.15) is 0 Å². The summed E-state index contributed by atoms with van der Waals surface area (Å²) in [6, 6.07) is 53.5. The average molecular weight is 641 g/mol. The first-order chi connectivity index (χ1) is 24.1. The van der Waals surface area contributed by atoms with Crippen LogP contribution in [0.15, 0.2) is 174 Å². The SMILES string of the molecule is O=C(Nc1cccc(-c2nnc(-c3cccc(NC(=O)C(c4ccccc4)c4ccccc4)c3)o2)c1)C(c1ccccc1)c1ccccc1. The van der Waals surface area contributed by atoms with E-state index in [1.807, 2.05) is 170 Å². The van der Waals surface area contributed by atoms with Gasteiger partial charge in [-0.15, -0.1) is 10.2 Å². The number of amides is 2. The fourth-order valence-corrected chi connectivity index (χ4v) is 5.92. The Hall–Kier alpha value is -6.60. The molecule has 2 N–H and O–H groups in total. The number of benzene rings is 6. The maximum absolute atomic E-state index is 13.7. The zero-order chi connectivity index (χ0) is 33.4. The molecule has 0 radical (unpaired) electrons. The fraction of sp³-hybridized carbons (Fsp3) is 0.0476. The number of carbonyl (C=O) groups is 2. The largest absolute Gasteiger partial charge is 0.416 e. The molecule has 6 aromatic carbocycles. The first-order valence-electron chi connectivity index (χ1n) is 16.0. The summed E-state index contributed by atoms with van der Waals surface area (Å²) in [6.45, 7) is 0. The maximum atomic E-state index is 13.7. The van der Waals surface area contributed by atoms with Gasteiger partial charge in [0.25, 0.3) is 0 Å². The lowest BCUT2D eigenvalue weighted by Crippen LogP contribution is -2.22. The number of nitrogens with one attached hydrogen (secondary N) is 2. The average Bonchev–Trinajstić information content (AvgIpc) is 3.65. The number of anilines is 2. The van der Waals surface area contributed by atoms with Crippen LogP contribution in [0.2, 0.25) is 0 Å². The summed E-state index contributed by atoms with van der Waals surface area (Å²) in [5, 5.41) is 14.7. The monoisotopic (exact) mass is 640 g/mol. The van der Waals surface area contributed by atoms with E-state index >= 15 is 0 Å². The summed E-state index contributed by atoms with van der Waals surface area (Å²) < 4.78 is 6.10. The minimum absolute atomic E-state index is 0.151. The molecule has 238 valence electrons. The van der Waals surface area contributed by atoms with E-state index in [1.54, 1.807) is 0 Å². The third-order valence-corrected chi connectivity index (χ3v) is 8.24. The molecule has 7 aromatic rings. The Morgan fingerprint density at radius 2 is 0.755 bits per heavy atom. The van der Waals surface area contributed by atoms with Gasteiger partial charge in [0.15, 0.2) is 0 Å². The molecule has 0 aliphatic heterocycles. The van der Waals surface area contributed by atoms with Gasteiger partial charge in [0.2, 0.25) is 23.6 Å². The van der Waals surface area contributed by atoms with Crippen molar-refractivity contribution in [2.75, 3.05) is 10.6 Å². The Morgan fingerprint density at radius 1 is 0.429 bits per heavy atom. The van der Waals surface area contributed by atoms with Crippen molar-refractivity contribution in [3.63, 3.8) is 0 Å². The molecule has 0 aliphatic rings. The van der Waals surface area contributed by atoms with Gasteiger partial charge in [-0.3, -0.25) is 9.59 Å². The van der Waals surface area contributed by atoms with Crippen LogP contribution in [-0.2, 0) is 9.59 Å². The molecule has 0 unspecified atom stereocenters. The Morgan fingerprint density at radius 3 is 1.08 bits per heavy atom. The fourth-order valence-electron chi connectivity index (χ4n) is 5.92. The van der Waals surface area contributed by atoms with Crippen LogP contribution in [0.3, 0.4) is 0 Å². The van der Waals surface area contributed by atoms with Crippen molar-refractivity contribution in [3.8, 4) is 22.9 Å². The van der Waals surface area contributed by atoms with Crippen molar-refractivity contribution in [1.82, 2.24) is 10.2 Å². The number of hydrogen-bond acceptors (Lipinski definition) is 5. The molecule has 7 rings (SSSR count). The van der Waals surface area contributed by atoms with Crippen LogP contribution in [0.5, 0.6) is 0 Å². The molecule has 0 spiro atoms. The van der Waals surface area contributed by atoms with Crippen LogP contribution < -0.4 is 10.6 Å². The minimum Gasteiger partial charge on any atom is -0.416 e. The maximum Gasteiger partial charge on any atom is 0.248 e. The first kappa shape index (κ1) is 31.0. The Kier molecular flexibility index (Phi) is 9.14. The Balaban J connectivity index is 1.09. The first-order valence-corrected chi connectivity index (χ1v) is 16.0. The van der Waals surface area contributed by atoms with Crippen molar-refractivity contribution in [3.05, 3.63) is 192 Å². The number of carbonyl (C=O) groups excluding carboxylic acids is 2. The molecule has 0 aliphatic carbocycles. The van der Waals surface area contributed by atoms with Crippen LogP contribution in [0.1, 0.15) is 34.1 Å². The molecule has 2 amide bonds. The summed E-state index contributed by atoms with van der Waals surface area (Å²) in [5.41, 5.74) is 6.13. The van der Waals surface area contributed by atoms with E-state index < -0.39 is 11.8 Å². The number of hydrogen-bond donors (Lipinski definition) is 2. The summed E-state index contributed by atoms with van der Waals surface area (Å²) >= 11 is 0. The third-order valence-electron chi connectivity index (χ3n) is 8.24. The van der Waals surface area contributed by atoms with E-state index in [2.05, 4.69) is 20.8 Å². The lowest BCUT2D eigenvalue weighted by molar-refractivity contribution is -0.117. The zero-order valence-electron chi connectivity index (χ0n) is 26.4. The standard InChI is InChI=1S/C42H32N4O3/c47-39(37(29-15-5-1-6-16-29)30-17-7-2-8-18-30)43-35-25-13-23-33(27-35)41-45-46-42(49-41)34-24-14-26-36(28-34)44-40(48)38(31-19-9-3-10-20-31)32-21-11-4-12-22-32/h1-28,37-38H,(H,43,47)(H,44,48). The van der Waals surface area contributed by atoms with Gasteiger partial charge in [-0.25, -0.2) is 0 Å². The molecule has 0 atom stereocenters. The highest BCUT2D eigenvalue weighted by Gasteiger charge is 2.24. The molecule has 49 heavy (non-hydrogen) atoms. The highest BCUT2D eigenvalue weighted by Crippen LogP contribution is 2.31. The van der Waals surface area contributed by atoms with E-state index in [9.17, 15) is 9.59 Å². The molecular formula is C42H32N4O3. The van der Waals surface area contributed by atoms with Crippen molar-refractivity contribution in [1.29, 1.82) is 0 Å². The van der Waals surface area contributed by atoms with Gasteiger partial charge in [0.1, 0.15) is 0 Å². The predicted molar refractivity (Wildman–Crippen MR) is 192 cm³/mol. The molecule has 1 heterocycles. The van der Waals surface area contributed by atoms with Crippen molar-refractivity contribution in [2.24, 2.45) is 0 Å². The summed E-state index contributed by atoms with van der Waals surface area (Å²) in [6.07, 6.45) is 0. The lowest BCUT2D eigenvalue weighted by atomic mass is 9.90. The molecule has 1 aromatic heterocycles. The van der Waals surface area contributed by atoms with Crippen LogP contribution in [-0.4, -0.2) is 22.0 Å². The molecule has 0 saturated heterocycles. The molecule has 0 saturated carbocycles. The Bertz CT molecular complexity index is 1930. The number of aromatic nitrogens is 2. The van der Waals surface area contributed by atoms with Gasteiger partial charge in [-0.1, -0.05) is 133 Å². The van der Waals surface area contributed by atoms with Crippen molar-refractivity contribution < 1.29 is 14.0 Å². The van der Waals surface area contributed by atoms with Crippen molar-refractivity contribution >= 4 is 23.2 Å². The van der Waals surface area contributed by atoms with E-state index in [4.69, 9.17) is 4.42 Å². The van der Waals surface area contributed by atoms with Gasteiger partial charge >= 0.3 is 0 Å². The van der Waals surface area contributed by atoms with Crippen LogP contribution in [0.25, 0.3) is 22.9 Å². The van der Waals surface area contributed by atoms with Gasteiger partial charge in [0.05, 0.1) is 11.8 Å². The summed E-state index contributed by atoms with van der Waals surface area (Å²) in [4.78, 5) is 27.3. The van der Waals surface area contributed by atoms with Crippen LogP contribution in [0, 0.1) is 0 Å². The second kappa shape index (κ2) is 14.4. The molecule has 0 bridgehead atoms. The Labute approximate surface area is 284 Å². The highest BCUT2D eigenvalue weighted by atomic mass is 16.4. The number of rotatable bonds is 10. The lowest BCUT2D eigenvalue weighted by Gasteiger charge is -2.18. The normalized spacial score (nSPS) is 11.0. The third kappa shape index (κ3) is 7.21. The van der Waals surface area contributed by atoms with Gasteiger partial charge < -0.3 is 15.1 Å². The summed E-state index contributed by atoms with van der Waals surface area (Å²) in [5.74, 6) is -0.662. The van der Waals surface area contributed by atoms with Crippen LogP contribution in [0.4, 0.5) is 11.4 Å². The van der Waals surface area contributed by atoms with E-state index in [1.165, 1.54) is 0 Å². The quantitative estimate of drug-likeness (QED) is 0.156. The summed E-state index contributed by atoms with van der Waals surface area (Å²) in [7, 11) is 0. The molecule has 7 heteroatoms. The number of nitrogens with zero attached hydrogens (tertiary/aromatic N) is 2. The van der Waals surface area contributed by atoms with Gasteiger partial charge in [0, 0.05) is 22.5 Å². The zero-order valence-corrected chi connectivity index (χ0v) is 26.4. The smallest absolute Gasteiger partial charge is 0.248 e. The minimum atomic E-state index is -0.482. The van der Waals surface area contributed by atoms with E-state index in [0.29, 0.717) is 34.3 Å². The molecule has 0 fully saturated rings. The van der Waals surface area contributed by atoms with E-state index in [-0.39, 0.29) is 11.8 Å².